The summed E-state index contributed by atoms with van der Waals surface area (Å²) in [5.41, 5.74) is 3.47. The van der Waals surface area contributed by atoms with E-state index in [1.54, 1.807) is 19.0 Å². The SMILES string of the molecule is CN(C)C(=O)[C@]1(Cc2cccc(-c3ccccc3)c2)CCN(C(=O)c2ccccc2)C1. The third-order valence-corrected chi connectivity index (χ3v) is 6.10. The van der Waals surface area contributed by atoms with Crippen LogP contribution in [-0.4, -0.2) is 48.8 Å². The van der Waals surface area contributed by atoms with Crippen LogP contribution in [0.4, 0.5) is 0 Å². The van der Waals surface area contributed by atoms with Crippen molar-refractivity contribution in [2.45, 2.75) is 12.8 Å². The molecule has 0 aromatic heterocycles. The number of nitrogens with zero attached hydrogens (tertiary/aromatic N) is 2. The Labute approximate surface area is 184 Å². The Bertz CT molecular complexity index is 1060. The molecule has 158 valence electrons. The van der Waals surface area contributed by atoms with Crippen molar-refractivity contribution in [2.75, 3.05) is 27.2 Å². The molecule has 2 amide bonds. The third kappa shape index (κ3) is 4.38. The second-order valence-corrected chi connectivity index (χ2v) is 8.57. The highest BCUT2D eigenvalue weighted by Gasteiger charge is 2.46. The molecule has 0 bridgehead atoms. The van der Waals surface area contributed by atoms with Crippen molar-refractivity contribution in [3.8, 4) is 11.1 Å². The van der Waals surface area contributed by atoms with Crippen LogP contribution in [0.1, 0.15) is 22.3 Å². The zero-order valence-electron chi connectivity index (χ0n) is 18.1. The minimum atomic E-state index is -0.608. The molecule has 0 saturated carbocycles. The van der Waals surface area contributed by atoms with E-state index in [9.17, 15) is 9.59 Å². The number of benzene rings is 3. The van der Waals surface area contributed by atoms with E-state index in [-0.39, 0.29) is 11.8 Å². The van der Waals surface area contributed by atoms with Crippen molar-refractivity contribution in [3.05, 3.63) is 96.1 Å². The summed E-state index contributed by atoms with van der Waals surface area (Å²) in [7, 11) is 3.60. The minimum Gasteiger partial charge on any atom is -0.348 e. The lowest BCUT2D eigenvalue weighted by molar-refractivity contribution is -0.138. The molecule has 3 aromatic rings. The quantitative estimate of drug-likeness (QED) is 0.618. The second kappa shape index (κ2) is 8.76. The average Bonchev–Trinajstić information content (AvgIpc) is 3.24. The van der Waals surface area contributed by atoms with E-state index in [4.69, 9.17) is 0 Å². The smallest absolute Gasteiger partial charge is 0.253 e. The molecular weight excluding hydrogens is 384 g/mol. The first-order valence-corrected chi connectivity index (χ1v) is 10.7. The number of hydrogen-bond acceptors (Lipinski definition) is 2. The van der Waals surface area contributed by atoms with Crippen LogP contribution >= 0.6 is 0 Å². The van der Waals surface area contributed by atoms with Gasteiger partial charge in [0.1, 0.15) is 0 Å². The Morgan fingerprint density at radius 2 is 1.52 bits per heavy atom. The topological polar surface area (TPSA) is 40.6 Å². The summed E-state index contributed by atoms with van der Waals surface area (Å²) in [6.45, 7) is 1.03. The Kier molecular flexibility index (Phi) is 5.90. The predicted octanol–water partition coefficient (Wildman–Crippen LogP) is 4.52. The van der Waals surface area contributed by atoms with Gasteiger partial charge in [-0.15, -0.1) is 0 Å². The van der Waals surface area contributed by atoms with Gasteiger partial charge in [0.15, 0.2) is 0 Å². The highest BCUT2D eigenvalue weighted by atomic mass is 16.2. The Morgan fingerprint density at radius 1 is 0.871 bits per heavy atom. The van der Waals surface area contributed by atoms with E-state index in [2.05, 4.69) is 30.3 Å². The summed E-state index contributed by atoms with van der Waals surface area (Å²) >= 11 is 0. The summed E-state index contributed by atoms with van der Waals surface area (Å²) in [4.78, 5) is 29.8. The fourth-order valence-corrected chi connectivity index (χ4v) is 4.56. The highest BCUT2D eigenvalue weighted by Crippen LogP contribution is 2.37. The van der Waals surface area contributed by atoms with Gasteiger partial charge in [-0.1, -0.05) is 72.8 Å². The number of carbonyl (C=O) groups is 2. The highest BCUT2D eigenvalue weighted by molar-refractivity contribution is 5.95. The lowest BCUT2D eigenvalue weighted by atomic mass is 9.79. The second-order valence-electron chi connectivity index (χ2n) is 8.57. The van der Waals surface area contributed by atoms with Gasteiger partial charge in [0.25, 0.3) is 5.91 Å². The van der Waals surface area contributed by atoms with Crippen molar-refractivity contribution < 1.29 is 9.59 Å². The zero-order chi connectivity index (χ0) is 21.8. The van der Waals surface area contributed by atoms with Crippen LogP contribution in [0.5, 0.6) is 0 Å². The van der Waals surface area contributed by atoms with E-state index >= 15 is 0 Å². The van der Waals surface area contributed by atoms with Gasteiger partial charge in [0, 0.05) is 32.7 Å². The van der Waals surface area contributed by atoms with Crippen molar-refractivity contribution in [2.24, 2.45) is 5.41 Å². The van der Waals surface area contributed by atoms with Crippen LogP contribution in [0.15, 0.2) is 84.9 Å². The lowest BCUT2D eigenvalue weighted by Gasteiger charge is -2.31. The van der Waals surface area contributed by atoms with Crippen molar-refractivity contribution in [1.29, 1.82) is 0 Å². The monoisotopic (exact) mass is 412 g/mol. The number of amides is 2. The van der Waals surface area contributed by atoms with Crippen LogP contribution in [0.3, 0.4) is 0 Å². The molecule has 0 N–H and O–H groups in total. The van der Waals surface area contributed by atoms with E-state index in [1.807, 2.05) is 59.5 Å². The molecule has 0 radical (unpaired) electrons. The van der Waals surface area contributed by atoms with Crippen LogP contribution < -0.4 is 0 Å². The molecule has 4 rings (SSSR count). The minimum absolute atomic E-state index is 0.00735. The van der Waals surface area contributed by atoms with Gasteiger partial charge in [-0.3, -0.25) is 9.59 Å². The van der Waals surface area contributed by atoms with Gasteiger partial charge >= 0.3 is 0 Å². The maximum Gasteiger partial charge on any atom is 0.253 e. The molecule has 31 heavy (non-hydrogen) atoms. The Morgan fingerprint density at radius 3 is 2.19 bits per heavy atom. The lowest BCUT2D eigenvalue weighted by Crippen LogP contribution is -2.44. The molecule has 0 spiro atoms. The molecular formula is C27H28N2O2. The average molecular weight is 413 g/mol. The molecule has 1 heterocycles. The number of carbonyl (C=O) groups excluding carboxylic acids is 2. The molecule has 1 atom stereocenters. The summed E-state index contributed by atoms with van der Waals surface area (Å²) in [5, 5.41) is 0. The Balaban J connectivity index is 1.61. The van der Waals surface area contributed by atoms with Crippen molar-refractivity contribution in [3.63, 3.8) is 0 Å². The largest absolute Gasteiger partial charge is 0.348 e. The predicted molar refractivity (Wildman–Crippen MR) is 124 cm³/mol. The van der Waals surface area contributed by atoms with Crippen molar-refractivity contribution >= 4 is 11.8 Å². The fourth-order valence-electron chi connectivity index (χ4n) is 4.56. The maximum atomic E-state index is 13.3. The molecule has 0 unspecified atom stereocenters. The summed E-state index contributed by atoms with van der Waals surface area (Å²) in [5.74, 6) is 0.0769. The number of hydrogen-bond donors (Lipinski definition) is 0. The van der Waals surface area contributed by atoms with E-state index < -0.39 is 5.41 Å². The standard InChI is InChI=1S/C27H28N2O2/c1-28(2)26(31)27(16-17-29(20-27)25(30)23-13-7-4-8-14-23)19-21-10-9-15-24(18-21)22-11-5-3-6-12-22/h3-15,18H,16-17,19-20H2,1-2H3/t27-/m0/s1. The van der Waals surface area contributed by atoms with Gasteiger partial charge in [-0.05, 0) is 41.7 Å². The number of rotatable bonds is 5. The first kappa shape index (κ1) is 20.9. The van der Waals surface area contributed by atoms with Crippen LogP contribution in [0.25, 0.3) is 11.1 Å². The molecule has 1 fully saturated rings. The third-order valence-electron chi connectivity index (χ3n) is 6.10. The van der Waals surface area contributed by atoms with E-state index in [1.165, 1.54) is 0 Å². The molecule has 0 aliphatic carbocycles. The fraction of sp³-hybridized carbons (Fsp3) is 0.259. The van der Waals surface area contributed by atoms with Gasteiger partial charge in [-0.2, -0.15) is 0 Å². The number of likely N-dealkylation sites (tertiary alicyclic amines) is 1. The maximum absolute atomic E-state index is 13.3. The zero-order valence-corrected chi connectivity index (χ0v) is 18.1. The molecule has 3 aromatic carbocycles. The van der Waals surface area contributed by atoms with Crippen LogP contribution in [0, 0.1) is 5.41 Å². The Hall–Kier alpha value is -3.40. The summed E-state index contributed by atoms with van der Waals surface area (Å²) in [6, 6.07) is 28.0. The molecule has 4 heteroatoms. The first-order chi connectivity index (χ1) is 15.0. The molecule has 1 aliphatic heterocycles. The molecule has 4 nitrogen and oxygen atoms in total. The summed E-state index contributed by atoms with van der Waals surface area (Å²) in [6.07, 6.45) is 1.28. The van der Waals surface area contributed by atoms with Crippen LogP contribution in [0.2, 0.25) is 0 Å². The molecule has 1 aliphatic rings. The van der Waals surface area contributed by atoms with Crippen molar-refractivity contribution in [1.82, 2.24) is 9.80 Å². The molecule has 1 saturated heterocycles. The summed E-state index contributed by atoms with van der Waals surface area (Å²) < 4.78 is 0. The van der Waals surface area contributed by atoms with E-state index in [0.29, 0.717) is 31.5 Å². The normalized spacial score (nSPS) is 18.1. The van der Waals surface area contributed by atoms with Gasteiger partial charge in [-0.25, -0.2) is 0 Å². The van der Waals surface area contributed by atoms with Gasteiger partial charge in [0.05, 0.1) is 5.41 Å². The van der Waals surface area contributed by atoms with Crippen LogP contribution in [-0.2, 0) is 11.2 Å². The van der Waals surface area contributed by atoms with Gasteiger partial charge in [0.2, 0.25) is 5.91 Å². The van der Waals surface area contributed by atoms with Gasteiger partial charge < -0.3 is 9.80 Å². The van der Waals surface area contributed by atoms with E-state index in [0.717, 1.165) is 16.7 Å². The first-order valence-electron chi connectivity index (χ1n) is 10.7.